The van der Waals surface area contributed by atoms with Crippen molar-refractivity contribution in [3.05, 3.63) is 70.9 Å². The number of carbonyl (C=O) groups is 2. The number of para-hydroxylation sites is 1. The van der Waals surface area contributed by atoms with Crippen LogP contribution in [0.5, 0.6) is 0 Å². The second kappa shape index (κ2) is 7.40. The van der Waals surface area contributed by atoms with Gasteiger partial charge >= 0.3 is 5.97 Å². The van der Waals surface area contributed by atoms with Gasteiger partial charge in [0.25, 0.3) is 5.91 Å². The number of nitrogens with one attached hydrogen (secondary N) is 1. The quantitative estimate of drug-likeness (QED) is 0.710. The number of rotatable bonds is 5. The molecule has 3 aromatic rings. The van der Waals surface area contributed by atoms with Crippen LogP contribution in [-0.2, 0) is 16.1 Å². The number of hydrogen-bond donors (Lipinski definition) is 1. The lowest BCUT2D eigenvalue weighted by atomic mass is 10.2. The first-order valence-electron chi connectivity index (χ1n) is 7.76. The van der Waals surface area contributed by atoms with Crippen molar-refractivity contribution in [1.29, 1.82) is 0 Å². The Balaban J connectivity index is 1.55. The van der Waals surface area contributed by atoms with Crippen LogP contribution in [0.4, 0.5) is 0 Å². The highest BCUT2D eigenvalue weighted by Crippen LogP contribution is 2.15. The SMILES string of the molecule is CN(Cc1ccc(Cl)cc1)C(=O)COC(=O)c1cc2ccccc2[nH]1. The lowest BCUT2D eigenvalue weighted by Crippen LogP contribution is -2.30. The van der Waals surface area contributed by atoms with Crippen molar-refractivity contribution in [3.63, 3.8) is 0 Å². The van der Waals surface area contributed by atoms with Crippen LogP contribution in [0.3, 0.4) is 0 Å². The standard InChI is InChI=1S/C19H17ClN2O3/c1-22(11-13-6-8-15(20)9-7-13)18(23)12-25-19(24)17-10-14-4-2-3-5-16(14)21-17/h2-10,21H,11-12H2,1H3. The summed E-state index contributed by atoms with van der Waals surface area (Å²) in [7, 11) is 1.66. The average Bonchev–Trinajstić information content (AvgIpc) is 3.05. The van der Waals surface area contributed by atoms with Crippen molar-refractivity contribution < 1.29 is 14.3 Å². The zero-order valence-corrected chi connectivity index (χ0v) is 14.4. The number of benzene rings is 2. The van der Waals surface area contributed by atoms with Gasteiger partial charge in [-0.1, -0.05) is 41.9 Å². The highest BCUT2D eigenvalue weighted by molar-refractivity contribution is 6.30. The van der Waals surface area contributed by atoms with Crippen LogP contribution in [0, 0.1) is 0 Å². The molecule has 0 aliphatic rings. The molecule has 1 amide bonds. The summed E-state index contributed by atoms with van der Waals surface area (Å²) in [5.41, 5.74) is 2.12. The lowest BCUT2D eigenvalue weighted by molar-refractivity contribution is -0.133. The highest BCUT2D eigenvalue weighted by atomic mass is 35.5. The first kappa shape index (κ1) is 17.0. The molecule has 0 fully saturated rings. The molecule has 0 bridgehead atoms. The number of halogens is 1. The Morgan fingerprint density at radius 3 is 2.56 bits per heavy atom. The van der Waals surface area contributed by atoms with Gasteiger partial charge in [-0.25, -0.2) is 4.79 Å². The van der Waals surface area contributed by atoms with Crippen molar-refractivity contribution in [2.45, 2.75) is 6.54 Å². The number of amides is 1. The minimum absolute atomic E-state index is 0.278. The van der Waals surface area contributed by atoms with Gasteiger partial charge in [-0.15, -0.1) is 0 Å². The summed E-state index contributed by atoms with van der Waals surface area (Å²) in [4.78, 5) is 28.7. The normalized spacial score (nSPS) is 10.6. The zero-order valence-electron chi connectivity index (χ0n) is 13.7. The summed E-state index contributed by atoms with van der Waals surface area (Å²) >= 11 is 5.84. The third kappa shape index (κ3) is 4.19. The fraction of sp³-hybridized carbons (Fsp3) is 0.158. The lowest BCUT2D eigenvalue weighted by Gasteiger charge is -2.17. The van der Waals surface area contributed by atoms with E-state index in [0.29, 0.717) is 17.3 Å². The largest absolute Gasteiger partial charge is 0.451 e. The van der Waals surface area contributed by atoms with Crippen LogP contribution in [0.15, 0.2) is 54.6 Å². The zero-order chi connectivity index (χ0) is 17.8. The summed E-state index contributed by atoms with van der Waals surface area (Å²) in [6, 6.07) is 16.5. The molecule has 0 spiro atoms. The van der Waals surface area contributed by atoms with Crippen molar-refractivity contribution in [2.24, 2.45) is 0 Å². The number of likely N-dealkylation sites (N-methyl/N-ethyl adjacent to an activating group) is 1. The van der Waals surface area contributed by atoms with E-state index >= 15 is 0 Å². The molecule has 128 valence electrons. The smallest absolute Gasteiger partial charge is 0.355 e. The molecule has 5 nitrogen and oxygen atoms in total. The number of carbonyl (C=O) groups excluding carboxylic acids is 2. The predicted molar refractivity (Wildman–Crippen MR) is 96.5 cm³/mol. The third-order valence-electron chi connectivity index (χ3n) is 3.84. The molecule has 25 heavy (non-hydrogen) atoms. The van der Waals surface area contributed by atoms with E-state index < -0.39 is 5.97 Å². The predicted octanol–water partition coefficient (Wildman–Crippen LogP) is 3.64. The van der Waals surface area contributed by atoms with Crippen molar-refractivity contribution in [3.8, 4) is 0 Å². The Kier molecular flexibility index (Phi) is 5.05. The number of aromatic amines is 1. The maximum atomic E-state index is 12.1. The first-order chi connectivity index (χ1) is 12.0. The van der Waals surface area contributed by atoms with Gasteiger partial charge in [0.1, 0.15) is 5.69 Å². The second-order valence-electron chi connectivity index (χ2n) is 5.72. The molecule has 0 aliphatic heterocycles. The number of hydrogen-bond acceptors (Lipinski definition) is 3. The fourth-order valence-electron chi connectivity index (χ4n) is 2.45. The summed E-state index contributed by atoms with van der Waals surface area (Å²) < 4.78 is 5.11. The summed E-state index contributed by atoms with van der Waals surface area (Å²) in [6.45, 7) is 0.109. The van der Waals surface area contributed by atoms with Gasteiger partial charge in [-0.3, -0.25) is 4.79 Å². The van der Waals surface area contributed by atoms with Gasteiger partial charge in [0.15, 0.2) is 6.61 Å². The average molecular weight is 357 g/mol. The molecular weight excluding hydrogens is 340 g/mol. The molecule has 0 radical (unpaired) electrons. The summed E-state index contributed by atoms with van der Waals surface area (Å²) in [6.07, 6.45) is 0. The van der Waals surface area contributed by atoms with E-state index in [1.165, 1.54) is 4.90 Å². The van der Waals surface area contributed by atoms with Crippen LogP contribution in [0.1, 0.15) is 16.1 Å². The van der Waals surface area contributed by atoms with Gasteiger partial charge < -0.3 is 14.6 Å². The molecule has 0 atom stereocenters. The molecule has 0 unspecified atom stereocenters. The van der Waals surface area contributed by atoms with E-state index in [1.807, 2.05) is 36.4 Å². The van der Waals surface area contributed by atoms with Gasteiger partial charge in [0.2, 0.25) is 0 Å². The fourth-order valence-corrected chi connectivity index (χ4v) is 2.58. The van der Waals surface area contributed by atoms with Crippen LogP contribution in [0.2, 0.25) is 5.02 Å². The number of fused-ring (bicyclic) bond motifs is 1. The van der Waals surface area contributed by atoms with E-state index in [-0.39, 0.29) is 12.5 Å². The third-order valence-corrected chi connectivity index (χ3v) is 4.09. The van der Waals surface area contributed by atoms with E-state index in [1.54, 1.807) is 25.2 Å². The van der Waals surface area contributed by atoms with E-state index in [2.05, 4.69) is 4.98 Å². The first-order valence-corrected chi connectivity index (χ1v) is 8.14. The van der Waals surface area contributed by atoms with E-state index in [0.717, 1.165) is 16.5 Å². The van der Waals surface area contributed by atoms with Crippen molar-refractivity contribution in [2.75, 3.05) is 13.7 Å². The highest BCUT2D eigenvalue weighted by Gasteiger charge is 2.15. The van der Waals surface area contributed by atoms with Crippen molar-refractivity contribution in [1.82, 2.24) is 9.88 Å². The van der Waals surface area contributed by atoms with Crippen LogP contribution in [0.25, 0.3) is 10.9 Å². The van der Waals surface area contributed by atoms with Gasteiger partial charge in [0.05, 0.1) is 0 Å². The van der Waals surface area contributed by atoms with Crippen LogP contribution in [-0.4, -0.2) is 35.4 Å². The van der Waals surface area contributed by atoms with Gasteiger partial charge in [0, 0.05) is 29.5 Å². The summed E-state index contributed by atoms with van der Waals surface area (Å²) in [5.74, 6) is -0.830. The minimum Gasteiger partial charge on any atom is -0.451 e. The Labute approximate surface area is 150 Å². The number of ether oxygens (including phenoxy) is 1. The molecular formula is C19H17ClN2O3. The number of aromatic nitrogens is 1. The molecule has 2 aromatic carbocycles. The number of H-pyrrole nitrogens is 1. The van der Waals surface area contributed by atoms with E-state index in [4.69, 9.17) is 16.3 Å². The van der Waals surface area contributed by atoms with E-state index in [9.17, 15) is 9.59 Å². The molecule has 0 aliphatic carbocycles. The molecule has 6 heteroatoms. The summed E-state index contributed by atoms with van der Waals surface area (Å²) in [5, 5.41) is 1.56. The molecule has 1 heterocycles. The minimum atomic E-state index is -0.551. The Morgan fingerprint density at radius 2 is 1.84 bits per heavy atom. The van der Waals surface area contributed by atoms with Crippen LogP contribution >= 0.6 is 11.6 Å². The molecule has 1 aromatic heterocycles. The Morgan fingerprint density at radius 1 is 1.12 bits per heavy atom. The van der Waals surface area contributed by atoms with Gasteiger partial charge in [-0.2, -0.15) is 0 Å². The molecule has 0 saturated carbocycles. The number of esters is 1. The maximum Gasteiger partial charge on any atom is 0.355 e. The molecule has 0 saturated heterocycles. The topological polar surface area (TPSA) is 62.4 Å². The Bertz CT molecular complexity index is 869. The number of nitrogens with zero attached hydrogens (tertiary/aromatic N) is 1. The second-order valence-corrected chi connectivity index (χ2v) is 6.16. The Hall–Kier alpha value is -2.79. The van der Waals surface area contributed by atoms with Crippen molar-refractivity contribution >= 4 is 34.4 Å². The molecule has 1 N–H and O–H groups in total. The van der Waals surface area contributed by atoms with Gasteiger partial charge in [-0.05, 0) is 29.8 Å². The van der Waals surface area contributed by atoms with Crippen LogP contribution < -0.4 is 0 Å². The molecule has 3 rings (SSSR count). The maximum absolute atomic E-state index is 12.1. The monoisotopic (exact) mass is 356 g/mol.